The molecular formula is C20H26N2O3. The number of anilines is 1. The number of rotatable bonds is 5. The normalized spacial score (nSPS) is 23.6. The second-order valence-electron chi connectivity index (χ2n) is 7.45. The summed E-state index contributed by atoms with van der Waals surface area (Å²) in [7, 11) is 0. The summed E-state index contributed by atoms with van der Waals surface area (Å²) >= 11 is 0. The number of carbonyl (C=O) groups is 2. The highest BCUT2D eigenvalue weighted by atomic mass is 16.5. The molecule has 1 aromatic rings. The van der Waals surface area contributed by atoms with Crippen LogP contribution in [0.3, 0.4) is 0 Å². The molecule has 5 heteroatoms. The van der Waals surface area contributed by atoms with Crippen molar-refractivity contribution in [3.63, 3.8) is 0 Å². The second kappa shape index (κ2) is 7.16. The number of amides is 2. The minimum absolute atomic E-state index is 0.114. The van der Waals surface area contributed by atoms with Crippen LogP contribution in [-0.4, -0.2) is 41.5 Å². The molecule has 5 nitrogen and oxygen atoms in total. The second-order valence-corrected chi connectivity index (χ2v) is 7.45. The lowest BCUT2D eigenvalue weighted by Crippen LogP contribution is -2.40. The minimum Gasteiger partial charge on any atom is -0.368 e. The van der Waals surface area contributed by atoms with E-state index in [1.54, 1.807) is 6.07 Å². The van der Waals surface area contributed by atoms with E-state index in [2.05, 4.69) is 10.2 Å². The quantitative estimate of drug-likeness (QED) is 0.893. The third-order valence-corrected chi connectivity index (χ3v) is 5.49. The van der Waals surface area contributed by atoms with E-state index in [1.807, 2.05) is 18.2 Å². The average Bonchev–Trinajstić information content (AvgIpc) is 3.09. The number of nitrogens with zero attached hydrogens (tertiary/aromatic N) is 1. The van der Waals surface area contributed by atoms with Crippen LogP contribution in [0.15, 0.2) is 24.3 Å². The van der Waals surface area contributed by atoms with E-state index in [9.17, 15) is 9.59 Å². The van der Waals surface area contributed by atoms with E-state index in [4.69, 9.17) is 4.74 Å². The van der Waals surface area contributed by atoms with Crippen molar-refractivity contribution in [3.05, 3.63) is 29.8 Å². The van der Waals surface area contributed by atoms with Crippen molar-refractivity contribution < 1.29 is 14.3 Å². The molecule has 0 aromatic heterocycles. The molecule has 2 amide bonds. The van der Waals surface area contributed by atoms with Crippen molar-refractivity contribution in [3.8, 4) is 0 Å². The average molecular weight is 342 g/mol. The summed E-state index contributed by atoms with van der Waals surface area (Å²) in [4.78, 5) is 27.4. The lowest BCUT2D eigenvalue weighted by molar-refractivity contribution is -0.124. The van der Waals surface area contributed by atoms with Crippen molar-refractivity contribution in [2.24, 2.45) is 0 Å². The van der Waals surface area contributed by atoms with Gasteiger partial charge < -0.3 is 15.0 Å². The maximum absolute atomic E-state index is 13.1. The fourth-order valence-corrected chi connectivity index (χ4v) is 4.05. The predicted octanol–water partition coefficient (Wildman–Crippen LogP) is 3.35. The number of hydrogen-bond acceptors (Lipinski definition) is 3. The Morgan fingerprint density at radius 2 is 1.76 bits per heavy atom. The van der Waals surface area contributed by atoms with Crippen molar-refractivity contribution in [1.82, 2.24) is 4.90 Å². The molecule has 134 valence electrons. The largest absolute Gasteiger partial charge is 0.368 e. The monoisotopic (exact) mass is 342 g/mol. The molecule has 1 aliphatic heterocycles. The summed E-state index contributed by atoms with van der Waals surface area (Å²) in [5.74, 6) is -0.000411. The zero-order valence-electron chi connectivity index (χ0n) is 14.6. The van der Waals surface area contributed by atoms with E-state index >= 15 is 0 Å². The van der Waals surface area contributed by atoms with Gasteiger partial charge in [0.15, 0.2) is 0 Å². The first-order valence-electron chi connectivity index (χ1n) is 9.57. The van der Waals surface area contributed by atoms with E-state index in [-0.39, 0.29) is 17.9 Å². The zero-order valence-corrected chi connectivity index (χ0v) is 14.6. The van der Waals surface area contributed by atoms with Crippen molar-refractivity contribution in [2.45, 2.75) is 69.6 Å². The first-order valence-corrected chi connectivity index (χ1v) is 9.57. The molecule has 25 heavy (non-hydrogen) atoms. The summed E-state index contributed by atoms with van der Waals surface area (Å²) in [6, 6.07) is 8.15. The Morgan fingerprint density at radius 3 is 2.44 bits per heavy atom. The summed E-state index contributed by atoms with van der Waals surface area (Å²) < 4.78 is 5.42. The molecule has 1 saturated heterocycles. The lowest BCUT2D eigenvalue weighted by Gasteiger charge is -2.29. The van der Waals surface area contributed by atoms with Crippen LogP contribution < -0.4 is 5.32 Å². The molecule has 0 radical (unpaired) electrons. The van der Waals surface area contributed by atoms with E-state index in [0.29, 0.717) is 29.9 Å². The molecule has 1 N–H and O–H groups in total. The van der Waals surface area contributed by atoms with Crippen LogP contribution in [0.5, 0.6) is 0 Å². The number of nitrogens with one attached hydrogen (secondary N) is 1. The molecule has 1 atom stereocenters. The van der Waals surface area contributed by atoms with Gasteiger partial charge in [-0.2, -0.15) is 0 Å². The Balaban J connectivity index is 1.47. The van der Waals surface area contributed by atoms with Crippen molar-refractivity contribution in [2.75, 3.05) is 11.9 Å². The summed E-state index contributed by atoms with van der Waals surface area (Å²) in [6.45, 7) is 0.647. The van der Waals surface area contributed by atoms with Gasteiger partial charge in [0.1, 0.15) is 6.10 Å². The third kappa shape index (κ3) is 3.71. The summed E-state index contributed by atoms with van der Waals surface area (Å²) in [6.07, 6.45) is 8.26. The van der Waals surface area contributed by atoms with Crippen LogP contribution in [0, 0.1) is 0 Å². The standard InChI is InChI=1S/C20H26N2O3/c23-19(18-9-4-12-25-18)21-15-6-3-5-14(13-15)20(24)22(17-10-11-17)16-7-1-2-8-16/h3,5-6,13,16-18H,1-2,4,7-12H2,(H,21,23). The van der Waals surface area contributed by atoms with Gasteiger partial charge >= 0.3 is 0 Å². The molecule has 2 saturated carbocycles. The van der Waals surface area contributed by atoms with Gasteiger partial charge in [0.05, 0.1) is 0 Å². The lowest BCUT2D eigenvalue weighted by atomic mass is 10.1. The van der Waals surface area contributed by atoms with Crippen LogP contribution in [0.1, 0.15) is 61.7 Å². The number of carbonyl (C=O) groups excluding carboxylic acids is 2. The van der Waals surface area contributed by atoms with Gasteiger partial charge in [0.2, 0.25) is 0 Å². The predicted molar refractivity (Wildman–Crippen MR) is 95.5 cm³/mol. The molecule has 2 aliphatic carbocycles. The first kappa shape index (κ1) is 16.6. The molecule has 3 aliphatic rings. The highest BCUT2D eigenvalue weighted by Crippen LogP contribution is 2.35. The van der Waals surface area contributed by atoms with Gasteiger partial charge in [-0.1, -0.05) is 18.9 Å². The summed E-state index contributed by atoms with van der Waals surface area (Å²) in [5.41, 5.74) is 1.34. The van der Waals surface area contributed by atoms with Gasteiger partial charge in [-0.25, -0.2) is 0 Å². The molecule has 0 bridgehead atoms. The molecule has 3 fully saturated rings. The molecular weight excluding hydrogens is 316 g/mol. The van der Waals surface area contributed by atoms with E-state index in [0.717, 1.165) is 38.5 Å². The van der Waals surface area contributed by atoms with Crippen LogP contribution in [0.4, 0.5) is 5.69 Å². The Kier molecular flexibility index (Phi) is 4.75. The number of ether oxygens (including phenoxy) is 1. The van der Waals surface area contributed by atoms with Gasteiger partial charge in [0, 0.05) is 29.9 Å². The van der Waals surface area contributed by atoms with Gasteiger partial charge in [-0.3, -0.25) is 9.59 Å². The molecule has 1 unspecified atom stereocenters. The van der Waals surface area contributed by atoms with Gasteiger partial charge in [0.25, 0.3) is 11.8 Å². The highest BCUT2D eigenvalue weighted by molar-refractivity contribution is 5.98. The minimum atomic E-state index is -0.360. The van der Waals surface area contributed by atoms with Crippen LogP contribution in [0.25, 0.3) is 0 Å². The molecule has 4 rings (SSSR count). The fourth-order valence-electron chi connectivity index (χ4n) is 4.05. The number of hydrogen-bond donors (Lipinski definition) is 1. The number of benzene rings is 1. The van der Waals surface area contributed by atoms with E-state index in [1.165, 1.54) is 12.8 Å². The Hall–Kier alpha value is -1.88. The Labute approximate surface area is 148 Å². The maximum atomic E-state index is 13.1. The van der Waals surface area contributed by atoms with Crippen molar-refractivity contribution >= 4 is 17.5 Å². The van der Waals surface area contributed by atoms with Crippen LogP contribution in [-0.2, 0) is 9.53 Å². The smallest absolute Gasteiger partial charge is 0.254 e. The van der Waals surface area contributed by atoms with Crippen LogP contribution >= 0.6 is 0 Å². The third-order valence-electron chi connectivity index (χ3n) is 5.49. The Bertz CT molecular complexity index is 644. The molecule has 1 aromatic carbocycles. The van der Waals surface area contributed by atoms with Crippen molar-refractivity contribution in [1.29, 1.82) is 0 Å². The maximum Gasteiger partial charge on any atom is 0.254 e. The van der Waals surface area contributed by atoms with Crippen LogP contribution in [0.2, 0.25) is 0 Å². The van der Waals surface area contributed by atoms with Gasteiger partial charge in [-0.05, 0) is 56.7 Å². The topological polar surface area (TPSA) is 58.6 Å². The zero-order chi connectivity index (χ0) is 17.2. The molecule has 1 heterocycles. The SMILES string of the molecule is O=C(Nc1cccc(C(=O)N(C2CCCC2)C2CC2)c1)C1CCCO1. The molecule has 0 spiro atoms. The first-order chi connectivity index (χ1) is 12.2. The highest BCUT2D eigenvalue weighted by Gasteiger charge is 2.38. The van der Waals surface area contributed by atoms with Gasteiger partial charge in [-0.15, -0.1) is 0 Å². The Morgan fingerprint density at radius 1 is 1.00 bits per heavy atom. The fraction of sp³-hybridized carbons (Fsp3) is 0.600. The summed E-state index contributed by atoms with van der Waals surface area (Å²) in [5, 5.41) is 2.90. The van der Waals surface area contributed by atoms with E-state index < -0.39 is 0 Å².